The lowest BCUT2D eigenvalue weighted by atomic mass is 10.1. The van der Waals surface area contributed by atoms with Crippen LogP contribution in [0.4, 0.5) is 8.78 Å². The Morgan fingerprint density at radius 2 is 2.30 bits per heavy atom. The molecule has 2 unspecified atom stereocenters. The molecule has 2 N–H and O–H groups in total. The van der Waals surface area contributed by atoms with Gasteiger partial charge in [0.2, 0.25) is 5.13 Å². The third kappa shape index (κ3) is 1.29. The Morgan fingerprint density at radius 1 is 1.70 bits per heavy atom. The van der Waals surface area contributed by atoms with Gasteiger partial charge in [0.05, 0.1) is 0 Å². The van der Waals surface area contributed by atoms with E-state index in [-0.39, 0.29) is 5.70 Å². The molecule has 1 aliphatic carbocycles. The Kier molecular flexibility index (Phi) is 1.68. The second kappa shape index (κ2) is 2.23. The van der Waals surface area contributed by atoms with E-state index in [1.165, 1.54) is 6.08 Å². The maximum atomic E-state index is 12.6. The molecular formula is C6H6ClF2N. The highest BCUT2D eigenvalue weighted by molar-refractivity contribution is 6.24. The van der Waals surface area contributed by atoms with Crippen LogP contribution in [-0.4, -0.2) is 11.3 Å². The molecule has 0 amide bonds. The van der Waals surface area contributed by atoms with Crippen LogP contribution in [0.15, 0.2) is 23.9 Å². The molecule has 56 valence electrons. The number of allylic oxidation sites excluding steroid dienone is 3. The van der Waals surface area contributed by atoms with Gasteiger partial charge in [0.1, 0.15) is 0 Å². The van der Waals surface area contributed by atoms with Gasteiger partial charge in [0.15, 0.2) is 6.17 Å². The first-order valence-electron chi connectivity index (χ1n) is 2.71. The molecule has 0 saturated heterocycles. The van der Waals surface area contributed by atoms with E-state index < -0.39 is 11.3 Å². The van der Waals surface area contributed by atoms with E-state index in [4.69, 9.17) is 17.3 Å². The largest absolute Gasteiger partial charge is 0.399 e. The van der Waals surface area contributed by atoms with Crippen LogP contribution in [0.3, 0.4) is 0 Å². The van der Waals surface area contributed by atoms with Gasteiger partial charge in [-0.25, -0.2) is 8.78 Å². The third-order valence-electron chi connectivity index (χ3n) is 1.20. The summed E-state index contributed by atoms with van der Waals surface area (Å²) >= 11 is 5.06. The number of hydrogen-bond donors (Lipinski definition) is 1. The molecule has 10 heavy (non-hydrogen) atoms. The summed E-state index contributed by atoms with van der Waals surface area (Å²) in [5, 5.41) is -2.41. The van der Waals surface area contributed by atoms with Crippen molar-refractivity contribution in [1.29, 1.82) is 0 Å². The monoisotopic (exact) mass is 165 g/mol. The third-order valence-corrected chi connectivity index (χ3v) is 1.54. The van der Waals surface area contributed by atoms with Crippen LogP contribution in [-0.2, 0) is 0 Å². The summed E-state index contributed by atoms with van der Waals surface area (Å²) in [6, 6.07) is 0. The first-order valence-corrected chi connectivity index (χ1v) is 3.08. The lowest BCUT2D eigenvalue weighted by molar-refractivity contribution is 0.206. The lowest BCUT2D eigenvalue weighted by Crippen LogP contribution is -2.28. The minimum absolute atomic E-state index is 0.196. The van der Waals surface area contributed by atoms with Crippen molar-refractivity contribution in [3.05, 3.63) is 23.9 Å². The molecule has 0 heterocycles. The predicted molar refractivity (Wildman–Crippen MR) is 36.0 cm³/mol. The molecule has 0 spiro atoms. The van der Waals surface area contributed by atoms with E-state index in [0.29, 0.717) is 0 Å². The van der Waals surface area contributed by atoms with Gasteiger partial charge in [-0.15, -0.1) is 0 Å². The molecule has 0 aromatic carbocycles. The maximum absolute atomic E-state index is 12.6. The van der Waals surface area contributed by atoms with Gasteiger partial charge in [0, 0.05) is 5.70 Å². The highest BCUT2D eigenvalue weighted by atomic mass is 35.5. The average molecular weight is 166 g/mol. The van der Waals surface area contributed by atoms with E-state index >= 15 is 0 Å². The van der Waals surface area contributed by atoms with Crippen molar-refractivity contribution in [3.63, 3.8) is 0 Å². The van der Waals surface area contributed by atoms with Crippen LogP contribution in [0.25, 0.3) is 0 Å². The van der Waals surface area contributed by atoms with Gasteiger partial charge in [-0.05, 0) is 18.2 Å². The molecule has 1 rings (SSSR count). The van der Waals surface area contributed by atoms with E-state index in [1.807, 2.05) is 0 Å². The molecule has 4 heteroatoms. The quantitative estimate of drug-likeness (QED) is 0.543. The molecule has 1 aliphatic rings. The summed E-state index contributed by atoms with van der Waals surface area (Å²) in [5.41, 5.74) is 5.35. The summed E-state index contributed by atoms with van der Waals surface area (Å²) < 4.78 is 25.1. The smallest absolute Gasteiger partial charge is 0.236 e. The summed E-state index contributed by atoms with van der Waals surface area (Å²) in [7, 11) is 0. The van der Waals surface area contributed by atoms with Gasteiger partial charge >= 0.3 is 0 Å². The molecule has 1 nitrogen and oxygen atoms in total. The van der Waals surface area contributed by atoms with Crippen LogP contribution in [0.5, 0.6) is 0 Å². The molecule has 0 aliphatic heterocycles. The zero-order valence-corrected chi connectivity index (χ0v) is 5.78. The van der Waals surface area contributed by atoms with Crippen molar-refractivity contribution >= 4 is 11.6 Å². The number of halogens is 3. The van der Waals surface area contributed by atoms with Crippen LogP contribution in [0, 0.1) is 0 Å². The van der Waals surface area contributed by atoms with Crippen LogP contribution in [0.1, 0.15) is 0 Å². The first-order chi connectivity index (χ1) is 4.52. The molecule has 2 atom stereocenters. The fourth-order valence-corrected chi connectivity index (χ4v) is 0.761. The normalized spacial score (nSPS) is 39.5. The Morgan fingerprint density at radius 3 is 2.70 bits per heavy atom. The fraction of sp³-hybridized carbons (Fsp3) is 0.333. The molecule has 0 fully saturated rings. The summed E-state index contributed by atoms with van der Waals surface area (Å²) in [6.07, 6.45) is 1.23. The van der Waals surface area contributed by atoms with Crippen molar-refractivity contribution in [2.24, 2.45) is 5.73 Å². The average Bonchev–Trinajstić information content (AvgIpc) is 1.81. The Hall–Kier alpha value is -0.570. The summed E-state index contributed by atoms with van der Waals surface area (Å²) in [4.78, 5) is 0. The minimum atomic E-state index is -2.41. The zero-order valence-electron chi connectivity index (χ0n) is 5.02. The van der Waals surface area contributed by atoms with E-state index in [9.17, 15) is 8.78 Å². The van der Waals surface area contributed by atoms with E-state index in [0.717, 1.165) is 12.2 Å². The Labute approximate surface area is 62.2 Å². The number of rotatable bonds is 0. The molecule has 0 aromatic rings. The summed E-state index contributed by atoms with van der Waals surface area (Å²) in [6.45, 7) is 0. The van der Waals surface area contributed by atoms with Gasteiger partial charge in [-0.1, -0.05) is 11.6 Å². The first kappa shape index (κ1) is 7.54. The van der Waals surface area contributed by atoms with Crippen LogP contribution in [0.2, 0.25) is 0 Å². The maximum Gasteiger partial charge on any atom is 0.236 e. The standard InChI is InChI=1S/C6H6ClF2N/c7-6(9)2-1-4(10)3-5(6)8/h1-3,5H,10H2. The Bertz CT molecular complexity index is 198. The topological polar surface area (TPSA) is 26.0 Å². The van der Waals surface area contributed by atoms with Crippen molar-refractivity contribution in [2.45, 2.75) is 11.3 Å². The molecule has 0 saturated carbocycles. The molecular weight excluding hydrogens is 160 g/mol. The van der Waals surface area contributed by atoms with E-state index in [1.54, 1.807) is 0 Å². The number of nitrogens with two attached hydrogens (primary N) is 1. The Balaban J connectivity index is 2.84. The van der Waals surface area contributed by atoms with E-state index in [2.05, 4.69) is 0 Å². The van der Waals surface area contributed by atoms with Crippen LogP contribution >= 0.6 is 11.6 Å². The fourth-order valence-electron chi connectivity index (χ4n) is 0.635. The van der Waals surface area contributed by atoms with Crippen molar-refractivity contribution in [2.75, 3.05) is 0 Å². The second-order valence-corrected chi connectivity index (χ2v) is 2.66. The summed E-state index contributed by atoms with van der Waals surface area (Å²) in [5.74, 6) is 0. The SMILES string of the molecule is NC1=CC(F)C(F)(Cl)C=C1. The predicted octanol–water partition coefficient (Wildman–Crippen LogP) is 1.64. The highest BCUT2D eigenvalue weighted by Gasteiger charge is 2.35. The molecule has 0 radical (unpaired) electrons. The van der Waals surface area contributed by atoms with Crippen molar-refractivity contribution < 1.29 is 8.78 Å². The lowest BCUT2D eigenvalue weighted by Gasteiger charge is -2.19. The second-order valence-electron chi connectivity index (χ2n) is 2.08. The molecule has 0 bridgehead atoms. The van der Waals surface area contributed by atoms with Crippen LogP contribution < -0.4 is 5.73 Å². The highest BCUT2D eigenvalue weighted by Crippen LogP contribution is 2.30. The zero-order chi connectivity index (χ0) is 7.78. The molecule has 0 aromatic heterocycles. The minimum Gasteiger partial charge on any atom is -0.399 e. The van der Waals surface area contributed by atoms with Crippen molar-refractivity contribution in [3.8, 4) is 0 Å². The number of alkyl halides is 3. The van der Waals surface area contributed by atoms with Gasteiger partial charge < -0.3 is 5.73 Å². The van der Waals surface area contributed by atoms with Gasteiger partial charge in [0.25, 0.3) is 0 Å². The van der Waals surface area contributed by atoms with Crippen molar-refractivity contribution in [1.82, 2.24) is 0 Å². The van der Waals surface area contributed by atoms with Gasteiger partial charge in [-0.2, -0.15) is 0 Å². The van der Waals surface area contributed by atoms with Gasteiger partial charge in [-0.3, -0.25) is 0 Å². The number of hydrogen-bond acceptors (Lipinski definition) is 1.